The van der Waals surface area contributed by atoms with E-state index in [9.17, 15) is 9.59 Å². The molecule has 3 aromatic rings. The molecule has 5 nitrogen and oxygen atoms in total. The van der Waals surface area contributed by atoms with Crippen molar-refractivity contribution >= 4 is 17.8 Å². The van der Waals surface area contributed by atoms with Crippen molar-refractivity contribution in [1.82, 2.24) is 4.98 Å². The molecule has 5 heteroatoms. The third-order valence-electron chi connectivity index (χ3n) is 4.11. The van der Waals surface area contributed by atoms with Crippen LogP contribution in [0.3, 0.4) is 0 Å². The van der Waals surface area contributed by atoms with Crippen LogP contribution < -0.4 is 9.47 Å². The summed E-state index contributed by atoms with van der Waals surface area (Å²) < 4.78 is 11.1. The van der Waals surface area contributed by atoms with E-state index in [1.165, 1.54) is 12.4 Å². The van der Waals surface area contributed by atoms with Crippen molar-refractivity contribution in [2.75, 3.05) is 0 Å². The molecule has 0 amide bonds. The van der Waals surface area contributed by atoms with E-state index < -0.39 is 5.97 Å². The average molecular weight is 357 g/mol. The monoisotopic (exact) mass is 357 g/mol. The molecule has 1 aliphatic rings. The quantitative estimate of drug-likeness (QED) is 0.399. The second-order valence-corrected chi connectivity index (χ2v) is 6.14. The number of rotatable bonds is 3. The number of pyridine rings is 1. The van der Waals surface area contributed by atoms with Gasteiger partial charge in [-0.05, 0) is 42.8 Å². The lowest BCUT2D eigenvalue weighted by Crippen LogP contribution is -2.08. The number of carbonyl (C=O) groups is 2. The largest absolute Gasteiger partial charge is 0.452 e. The number of allylic oxidation sites excluding steroid dienone is 1. The van der Waals surface area contributed by atoms with Crippen LogP contribution in [0.5, 0.6) is 11.5 Å². The zero-order chi connectivity index (χ0) is 18.8. The van der Waals surface area contributed by atoms with E-state index in [0.29, 0.717) is 22.6 Å². The maximum atomic E-state index is 12.5. The van der Waals surface area contributed by atoms with Crippen LogP contribution in [0.4, 0.5) is 0 Å². The molecule has 132 valence electrons. The van der Waals surface area contributed by atoms with Crippen LogP contribution in [0, 0.1) is 6.92 Å². The van der Waals surface area contributed by atoms with Gasteiger partial charge in [-0.3, -0.25) is 9.78 Å². The molecule has 0 radical (unpaired) electrons. The van der Waals surface area contributed by atoms with Gasteiger partial charge < -0.3 is 9.47 Å². The normalized spacial score (nSPS) is 14.0. The molecule has 0 atom stereocenters. The Hall–Kier alpha value is -3.73. The Morgan fingerprint density at radius 1 is 1.07 bits per heavy atom. The van der Waals surface area contributed by atoms with Crippen molar-refractivity contribution < 1.29 is 19.1 Å². The van der Waals surface area contributed by atoms with Crippen molar-refractivity contribution in [3.63, 3.8) is 0 Å². The lowest BCUT2D eigenvalue weighted by atomic mass is 10.1. The van der Waals surface area contributed by atoms with Crippen molar-refractivity contribution in [2.24, 2.45) is 0 Å². The van der Waals surface area contributed by atoms with E-state index in [2.05, 4.69) is 4.98 Å². The van der Waals surface area contributed by atoms with E-state index in [0.717, 1.165) is 11.1 Å². The first-order valence-electron chi connectivity index (χ1n) is 8.37. The highest BCUT2D eigenvalue weighted by Gasteiger charge is 2.28. The number of ether oxygens (including phenoxy) is 2. The zero-order valence-electron chi connectivity index (χ0n) is 14.5. The number of benzene rings is 2. The minimum Gasteiger partial charge on any atom is -0.452 e. The van der Waals surface area contributed by atoms with Gasteiger partial charge in [-0.15, -0.1) is 0 Å². The Bertz CT molecular complexity index is 1070. The van der Waals surface area contributed by atoms with Gasteiger partial charge in [0.25, 0.3) is 0 Å². The predicted octanol–water partition coefficient (Wildman–Crippen LogP) is 4.23. The Kier molecular flexibility index (Phi) is 4.26. The molecule has 0 saturated heterocycles. The first kappa shape index (κ1) is 16.7. The lowest BCUT2D eigenvalue weighted by molar-refractivity contribution is 0.0734. The molecule has 2 heterocycles. The second kappa shape index (κ2) is 6.88. The molecule has 2 aromatic carbocycles. The number of carbonyl (C=O) groups excluding carboxylic acids is 2. The number of esters is 1. The summed E-state index contributed by atoms with van der Waals surface area (Å²) in [6.07, 6.45) is 4.74. The highest BCUT2D eigenvalue weighted by molar-refractivity contribution is 6.14. The van der Waals surface area contributed by atoms with E-state index in [-0.39, 0.29) is 11.5 Å². The Morgan fingerprint density at radius 3 is 2.67 bits per heavy atom. The van der Waals surface area contributed by atoms with Crippen LogP contribution in [-0.2, 0) is 0 Å². The maximum Gasteiger partial charge on any atom is 0.343 e. The molecule has 0 N–H and O–H groups in total. The molecule has 4 rings (SSSR count). The first-order valence-corrected chi connectivity index (χ1v) is 8.37. The number of aromatic nitrogens is 1. The van der Waals surface area contributed by atoms with Crippen LogP contribution >= 0.6 is 0 Å². The van der Waals surface area contributed by atoms with Crippen LogP contribution in [0.2, 0.25) is 0 Å². The summed E-state index contributed by atoms with van der Waals surface area (Å²) in [6, 6.07) is 15.6. The van der Waals surface area contributed by atoms with Crippen LogP contribution in [0.25, 0.3) is 6.08 Å². The van der Waals surface area contributed by atoms with Crippen molar-refractivity contribution in [3.05, 3.63) is 95.0 Å². The molecule has 1 aromatic heterocycles. The highest BCUT2D eigenvalue weighted by Crippen LogP contribution is 2.35. The minimum atomic E-state index is -0.503. The molecule has 0 saturated carbocycles. The third kappa shape index (κ3) is 3.48. The molecule has 0 unspecified atom stereocenters. The number of fused-ring (bicyclic) bond motifs is 1. The molecule has 0 fully saturated rings. The van der Waals surface area contributed by atoms with Crippen LogP contribution in [0.15, 0.2) is 72.8 Å². The number of ketones is 1. The van der Waals surface area contributed by atoms with Gasteiger partial charge in [0.15, 0.2) is 5.76 Å². The minimum absolute atomic E-state index is 0.196. The zero-order valence-corrected chi connectivity index (χ0v) is 14.5. The summed E-state index contributed by atoms with van der Waals surface area (Å²) in [6.45, 7) is 1.98. The molecule has 0 spiro atoms. The molecular formula is C22H15NO4. The molecular weight excluding hydrogens is 342 g/mol. The summed E-state index contributed by atoms with van der Waals surface area (Å²) in [5.41, 5.74) is 2.81. The standard InChI is InChI=1S/C22H15NO4/c1-14-3-2-4-15(11-14)12-20-21(24)18-6-5-17(13-19(18)27-20)26-22(25)16-7-9-23-10-8-16/h2-13H,1H3/b20-12-. The van der Waals surface area contributed by atoms with Gasteiger partial charge in [0, 0.05) is 18.5 Å². The van der Waals surface area contributed by atoms with E-state index in [1.54, 1.807) is 36.4 Å². The SMILES string of the molecule is Cc1cccc(/C=C2\Oc3cc(OC(=O)c4ccncc4)ccc3C2=O)c1. The Labute approximate surface area is 155 Å². The third-order valence-corrected chi connectivity index (χ3v) is 4.11. The van der Waals surface area contributed by atoms with Gasteiger partial charge in [-0.1, -0.05) is 29.8 Å². The smallest absolute Gasteiger partial charge is 0.343 e. The highest BCUT2D eigenvalue weighted by atomic mass is 16.5. The van der Waals surface area contributed by atoms with Gasteiger partial charge in [0.2, 0.25) is 5.78 Å². The maximum absolute atomic E-state index is 12.5. The van der Waals surface area contributed by atoms with Crippen molar-refractivity contribution in [1.29, 1.82) is 0 Å². The summed E-state index contributed by atoms with van der Waals surface area (Å²) >= 11 is 0. The fraction of sp³-hybridized carbons (Fsp3) is 0.0455. The number of Topliss-reactive ketones (excluding diaryl/α,β-unsaturated/α-hetero) is 1. The van der Waals surface area contributed by atoms with Gasteiger partial charge in [0.1, 0.15) is 11.5 Å². The fourth-order valence-corrected chi connectivity index (χ4v) is 2.80. The van der Waals surface area contributed by atoms with Crippen LogP contribution in [-0.4, -0.2) is 16.7 Å². The summed E-state index contributed by atoms with van der Waals surface area (Å²) in [5, 5.41) is 0. The van der Waals surface area contributed by atoms with Crippen molar-refractivity contribution in [3.8, 4) is 11.5 Å². The average Bonchev–Trinajstić information content (AvgIpc) is 2.97. The summed E-state index contributed by atoms with van der Waals surface area (Å²) in [4.78, 5) is 28.5. The molecule has 0 bridgehead atoms. The number of aryl methyl sites for hydroxylation is 1. The van der Waals surface area contributed by atoms with Crippen LogP contribution in [0.1, 0.15) is 31.8 Å². The van der Waals surface area contributed by atoms with Gasteiger partial charge >= 0.3 is 5.97 Å². The Morgan fingerprint density at radius 2 is 1.89 bits per heavy atom. The second-order valence-electron chi connectivity index (χ2n) is 6.14. The molecule has 0 aliphatic carbocycles. The molecule has 27 heavy (non-hydrogen) atoms. The first-order chi connectivity index (χ1) is 13.1. The number of hydrogen-bond acceptors (Lipinski definition) is 5. The summed E-state index contributed by atoms with van der Waals surface area (Å²) in [5.74, 6) is 0.225. The fourth-order valence-electron chi connectivity index (χ4n) is 2.80. The van der Waals surface area contributed by atoms with Gasteiger partial charge in [-0.2, -0.15) is 0 Å². The Balaban J connectivity index is 1.57. The van der Waals surface area contributed by atoms with Crippen molar-refractivity contribution in [2.45, 2.75) is 6.92 Å². The predicted molar refractivity (Wildman–Crippen MR) is 99.8 cm³/mol. The summed E-state index contributed by atoms with van der Waals surface area (Å²) in [7, 11) is 0. The number of hydrogen-bond donors (Lipinski definition) is 0. The molecule has 1 aliphatic heterocycles. The topological polar surface area (TPSA) is 65.5 Å². The number of nitrogens with zero attached hydrogens (tertiary/aromatic N) is 1. The van der Waals surface area contributed by atoms with E-state index >= 15 is 0 Å². The van der Waals surface area contributed by atoms with E-state index in [4.69, 9.17) is 9.47 Å². The van der Waals surface area contributed by atoms with Gasteiger partial charge in [0.05, 0.1) is 11.1 Å². The van der Waals surface area contributed by atoms with E-state index in [1.807, 2.05) is 31.2 Å². The lowest BCUT2D eigenvalue weighted by Gasteiger charge is -2.05. The van der Waals surface area contributed by atoms with Gasteiger partial charge in [-0.25, -0.2) is 4.79 Å².